The third kappa shape index (κ3) is 16.1. The lowest BCUT2D eigenvalue weighted by atomic mass is 9.85. The molecule has 0 spiro atoms. The Hall–Kier alpha value is -5.23. The van der Waals surface area contributed by atoms with Gasteiger partial charge < -0.3 is 36.6 Å². The summed E-state index contributed by atoms with van der Waals surface area (Å²) >= 11 is 3.42. The van der Waals surface area contributed by atoms with Crippen LogP contribution >= 0.6 is 33.9 Å². The molecule has 73 heavy (non-hydrogen) atoms. The summed E-state index contributed by atoms with van der Waals surface area (Å²) in [4.78, 5) is 79.0. The average Bonchev–Trinajstić information content (AvgIpc) is 3.75. The molecule has 1 aromatic heterocycles. The molecule has 2 aliphatic rings. The first-order chi connectivity index (χ1) is 34.7. The molecule has 3 aromatic carbocycles. The number of amides is 5. The first kappa shape index (κ1) is 57.1. The van der Waals surface area contributed by atoms with Crippen LogP contribution in [-0.2, 0) is 24.0 Å². The molecule has 1 saturated heterocycles. The predicted molar refractivity (Wildman–Crippen MR) is 279 cm³/mol. The van der Waals surface area contributed by atoms with E-state index < -0.39 is 82.1 Å². The van der Waals surface area contributed by atoms with Crippen LogP contribution in [0.15, 0.2) is 60.1 Å². The topological polar surface area (TPSA) is 203 Å². The van der Waals surface area contributed by atoms with E-state index in [0.29, 0.717) is 28.6 Å². The van der Waals surface area contributed by atoms with Gasteiger partial charge in [0.15, 0.2) is 17.3 Å². The maximum Gasteiger partial charge on any atom is 0.277 e. The minimum atomic E-state index is -2.01. The normalized spacial score (nSPS) is 16.9. The summed E-state index contributed by atoms with van der Waals surface area (Å²) in [5.74, 6) is -6.36. The number of nitrogens with one attached hydrogen (secondary N) is 6. The van der Waals surface area contributed by atoms with E-state index in [2.05, 4.69) is 37.0 Å². The number of alkyl halides is 1. The second-order valence-electron chi connectivity index (χ2n) is 19.7. The van der Waals surface area contributed by atoms with Gasteiger partial charge in [-0.15, -0.1) is 11.3 Å². The third-order valence-corrected chi connectivity index (χ3v) is 14.4. The van der Waals surface area contributed by atoms with Crippen molar-refractivity contribution in [2.45, 2.75) is 128 Å². The predicted octanol–water partition coefficient (Wildman–Crippen LogP) is 8.22. The lowest BCUT2D eigenvalue weighted by Crippen LogP contribution is -2.59. The Bertz CT molecular complexity index is 2560. The van der Waals surface area contributed by atoms with E-state index in [-0.39, 0.29) is 56.0 Å². The fourth-order valence-electron chi connectivity index (χ4n) is 8.40. The summed E-state index contributed by atoms with van der Waals surface area (Å²) in [5, 5.41) is 25.1. The zero-order valence-corrected chi connectivity index (χ0v) is 44.5. The van der Waals surface area contributed by atoms with Gasteiger partial charge in [-0.1, -0.05) is 70.7 Å². The molecule has 15 nitrogen and oxygen atoms in total. The van der Waals surface area contributed by atoms with Crippen LogP contribution in [0.2, 0.25) is 0 Å². The second kappa shape index (κ2) is 26.3. The van der Waals surface area contributed by atoms with E-state index >= 15 is 0 Å². The molecular weight excluding hydrogens is 1080 g/mol. The summed E-state index contributed by atoms with van der Waals surface area (Å²) in [7, 11) is 0. The van der Waals surface area contributed by atoms with E-state index in [0.717, 1.165) is 73.3 Å². The third-order valence-electron chi connectivity index (χ3n) is 12.8. The number of β-amino-alcohol motifs (C(OH)–C–C–N with tert-alkyl or cyclic N) is 1. The maximum atomic E-state index is 14.7. The molecule has 21 heteroatoms. The monoisotopic (exact) mass is 1150 g/mol. The van der Waals surface area contributed by atoms with E-state index in [4.69, 9.17) is 4.84 Å². The number of aliphatic hydroxyl groups is 1. The molecule has 6 rings (SSSR count). The summed E-state index contributed by atoms with van der Waals surface area (Å²) in [6.45, 7) is 8.96. The quantitative estimate of drug-likeness (QED) is 0.0139. The van der Waals surface area contributed by atoms with Crippen LogP contribution in [0.3, 0.4) is 0 Å². The Morgan fingerprint density at radius 1 is 0.904 bits per heavy atom. The van der Waals surface area contributed by atoms with Crippen molar-refractivity contribution in [1.82, 2.24) is 36.6 Å². The van der Waals surface area contributed by atoms with Gasteiger partial charge in [-0.25, -0.2) is 28.0 Å². The van der Waals surface area contributed by atoms with Crippen molar-refractivity contribution in [2.75, 3.05) is 38.1 Å². The summed E-state index contributed by atoms with van der Waals surface area (Å²) in [6, 6.07) is 10.5. The maximum absolute atomic E-state index is 14.7. The Morgan fingerprint density at radius 3 is 2.25 bits per heavy atom. The number of halogens is 5. The summed E-state index contributed by atoms with van der Waals surface area (Å²) < 4.78 is 58.5. The number of benzene rings is 3. The molecule has 4 atom stereocenters. The summed E-state index contributed by atoms with van der Waals surface area (Å²) in [6.07, 6.45) is 5.12. The highest BCUT2D eigenvalue weighted by Gasteiger charge is 2.53. The largest absolute Gasteiger partial charge is 0.391 e. The van der Waals surface area contributed by atoms with Crippen molar-refractivity contribution in [3.05, 3.63) is 98.0 Å². The molecule has 0 bridgehead atoms. The lowest BCUT2D eigenvalue weighted by molar-refractivity contribution is -0.145. The fraction of sp³-hybridized carbons (Fsp3) is 0.500. The summed E-state index contributed by atoms with van der Waals surface area (Å²) in [5.41, 5.74) is 2.73. The zero-order chi connectivity index (χ0) is 52.9. The zero-order valence-electron chi connectivity index (χ0n) is 41.5. The van der Waals surface area contributed by atoms with Crippen molar-refractivity contribution in [3.8, 4) is 10.4 Å². The number of anilines is 2. The number of aromatic nitrogens is 1. The molecule has 5 amide bonds. The minimum Gasteiger partial charge on any atom is -0.391 e. The van der Waals surface area contributed by atoms with Gasteiger partial charge in [0.1, 0.15) is 17.9 Å². The molecule has 7 N–H and O–H groups in total. The van der Waals surface area contributed by atoms with Crippen LogP contribution in [0, 0.1) is 33.4 Å². The van der Waals surface area contributed by atoms with Crippen molar-refractivity contribution in [3.63, 3.8) is 0 Å². The number of aliphatic hydroxyl groups excluding tert-OH is 1. The van der Waals surface area contributed by atoms with Gasteiger partial charge in [-0.3, -0.25) is 28.8 Å². The number of aryl methyl sites for hydroxylation is 1. The Balaban J connectivity index is 0.895. The second-order valence-corrected chi connectivity index (χ2v) is 21.8. The number of hydroxylamine groups is 1. The number of carbonyl (C=O) groups is 5. The average molecular weight is 1150 g/mol. The number of likely N-dealkylation sites (tertiary alicyclic amines) is 1. The molecule has 4 aromatic rings. The van der Waals surface area contributed by atoms with Crippen LogP contribution in [0.25, 0.3) is 10.4 Å². The number of thiazole rings is 1. The highest BCUT2D eigenvalue weighted by Crippen LogP contribution is 2.41. The molecule has 0 unspecified atom stereocenters. The Labute approximate surface area is 440 Å². The lowest BCUT2D eigenvalue weighted by Gasteiger charge is -2.36. The Morgan fingerprint density at radius 2 is 1.59 bits per heavy atom. The van der Waals surface area contributed by atoms with Crippen LogP contribution in [-0.4, -0.2) is 101 Å². The van der Waals surface area contributed by atoms with Gasteiger partial charge in [-0.2, -0.15) is 0 Å². The minimum absolute atomic E-state index is 0.0541. The van der Waals surface area contributed by atoms with Gasteiger partial charge in [0.2, 0.25) is 17.7 Å². The molecule has 0 radical (unpaired) electrons. The molecule has 1 aliphatic heterocycles. The standard InChI is InChI=1S/C52H65F4IN8O7S/c1-31-45(73-30-60-31)33-14-12-32(13-15-33)40(62-48(69)41-27-35(66)29-65(41)49(70)46(51(2,3)4)63-50(71)52(56)20-21-52)28-42(67)59-24-10-8-6-5-7-9-22-58-23-11-25-72-64-47(68)36-17-18-37(53)43(55)44(36)61-39-19-16-34(57)26-38(39)54/h12-19,26,30,35,40-41,46,58,61,66H,5-11,20-25,27-29H2,1-4H3,(H,59,67)(H,62,69)(H,63,71)(H,64,68)/t35-,40+,41+,46-/m1/s1. The number of unbranched alkanes of at least 4 members (excludes halogenated alkanes) is 5. The molecule has 2 fully saturated rings. The van der Waals surface area contributed by atoms with Crippen LogP contribution in [0.4, 0.5) is 28.9 Å². The van der Waals surface area contributed by atoms with Gasteiger partial charge in [0.25, 0.3) is 11.8 Å². The molecule has 2 heterocycles. The van der Waals surface area contributed by atoms with Gasteiger partial charge >= 0.3 is 0 Å². The smallest absolute Gasteiger partial charge is 0.277 e. The van der Waals surface area contributed by atoms with Crippen molar-refractivity contribution >= 4 is 74.8 Å². The Kier molecular flexibility index (Phi) is 20.6. The van der Waals surface area contributed by atoms with Crippen LogP contribution in [0.1, 0.15) is 119 Å². The molecule has 396 valence electrons. The number of rotatable bonds is 26. The molecular formula is C52H65F4IN8O7S. The van der Waals surface area contributed by atoms with Crippen LogP contribution < -0.4 is 32.1 Å². The van der Waals surface area contributed by atoms with Crippen molar-refractivity contribution < 1.29 is 51.5 Å². The van der Waals surface area contributed by atoms with Gasteiger partial charge in [0.05, 0.1) is 58.2 Å². The number of nitrogens with zero attached hydrogens (tertiary/aromatic N) is 2. The van der Waals surface area contributed by atoms with Crippen LogP contribution in [0.5, 0.6) is 0 Å². The van der Waals surface area contributed by atoms with E-state index in [1.54, 1.807) is 32.3 Å². The molecule has 1 saturated carbocycles. The van der Waals surface area contributed by atoms with Crippen molar-refractivity contribution in [1.29, 1.82) is 0 Å². The van der Waals surface area contributed by atoms with E-state index in [9.17, 15) is 46.6 Å². The first-order valence-electron chi connectivity index (χ1n) is 24.6. The highest BCUT2D eigenvalue weighted by atomic mass is 127. The number of hydrogen-bond donors (Lipinski definition) is 7. The SMILES string of the molecule is Cc1ncsc1-c1ccc([C@H](CC(=O)NCCCCCCCCNCCCONC(=O)c2ccc(F)c(F)c2Nc2ccc(I)cc2F)NC(=O)[C@@H]2C[C@@H](O)CN2C(=O)[C@@H](NC(=O)C2(F)CC2)C(C)(C)C)cc1. The number of hydrogen-bond acceptors (Lipinski definition) is 11. The fourth-order valence-corrected chi connectivity index (χ4v) is 9.67. The van der Waals surface area contributed by atoms with Crippen molar-refractivity contribution in [2.24, 2.45) is 5.41 Å². The van der Waals surface area contributed by atoms with Gasteiger partial charge in [0, 0.05) is 23.1 Å². The molecule has 1 aliphatic carbocycles. The van der Waals surface area contributed by atoms with E-state index in [1.165, 1.54) is 28.4 Å². The van der Waals surface area contributed by atoms with Gasteiger partial charge in [-0.05, 0) is 122 Å². The first-order valence-corrected chi connectivity index (χ1v) is 26.6. The van der Waals surface area contributed by atoms with E-state index in [1.807, 2.05) is 53.8 Å². The number of carbonyl (C=O) groups excluding carboxylic acids is 5. The highest BCUT2D eigenvalue weighted by molar-refractivity contribution is 14.1.